The van der Waals surface area contributed by atoms with E-state index >= 15 is 0 Å². The Kier molecular flexibility index (Phi) is 3.44. The Balaban J connectivity index is 1.97. The second-order valence-electron chi connectivity index (χ2n) is 4.12. The molecular formula is C10H17BrN2O. The van der Waals surface area contributed by atoms with Gasteiger partial charge in [-0.05, 0) is 38.8 Å². The number of carbonyl (C=O) groups excluding carboxylic acids is 1. The number of nitrogens with one attached hydrogen (secondary N) is 1. The molecule has 1 unspecified atom stereocenters. The molecular weight excluding hydrogens is 244 g/mol. The number of likely N-dealkylation sites (tertiary alicyclic amines) is 1. The standard InChI is InChI=1S/C10H17BrN2O/c11-9-2-1-7-13(10(9)14)8-3-5-12-6-4-8/h8-9,12H,1-7H2. The van der Waals surface area contributed by atoms with Crippen LogP contribution in [0, 0.1) is 0 Å². The van der Waals surface area contributed by atoms with E-state index in [2.05, 4.69) is 26.1 Å². The molecule has 0 aromatic rings. The monoisotopic (exact) mass is 260 g/mol. The number of alkyl halides is 1. The highest BCUT2D eigenvalue weighted by atomic mass is 79.9. The number of hydrogen-bond donors (Lipinski definition) is 1. The van der Waals surface area contributed by atoms with E-state index in [1.165, 1.54) is 0 Å². The fourth-order valence-electron chi connectivity index (χ4n) is 2.34. The number of amides is 1. The highest BCUT2D eigenvalue weighted by molar-refractivity contribution is 9.10. The molecule has 3 nitrogen and oxygen atoms in total. The van der Waals surface area contributed by atoms with Crippen molar-refractivity contribution < 1.29 is 4.79 Å². The van der Waals surface area contributed by atoms with Crippen molar-refractivity contribution in [2.24, 2.45) is 0 Å². The molecule has 2 saturated heterocycles. The summed E-state index contributed by atoms with van der Waals surface area (Å²) < 4.78 is 0. The summed E-state index contributed by atoms with van der Waals surface area (Å²) in [5, 5.41) is 3.33. The number of nitrogens with zero attached hydrogens (tertiary/aromatic N) is 1. The molecule has 1 atom stereocenters. The predicted molar refractivity (Wildman–Crippen MR) is 59.6 cm³/mol. The number of piperidine rings is 2. The van der Waals surface area contributed by atoms with Crippen LogP contribution >= 0.6 is 15.9 Å². The van der Waals surface area contributed by atoms with Gasteiger partial charge in [0.05, 0.1) is 4.83 Å². The van der Waals surface area contributed by atoms with E-state index in [0.29, 0.717) is 11.9 Å². The maximum atomic E-state index is 11.9. The molecule has 1 amide bonds. The van der Waals surface area contributed by atoms with Crippen LogP contribution in [0.2, 0.25) is 0 Å². The van der Waals surface area contributed by atoms with Crippen molar-refractivity contribution in [3.8, 4) is 0 Å². The number of hydrogen-bond acceptors (Lipinski definition) is 2. The van der Waals surface area contributed by atoms with Crippen LogP contribution in [0.3, 0.4) is 0 Å². The van der Waals surface area contributed by atoms with Crippen molar-refractivity contribution in [3.63, 3.8) is 0 Å². The van der Waals surface area contributed by atoms with Crippen LogP contribution in [0.25, 0.3) is 0 Å². The van der Waals surface area contributed by atoms with Gasteiger partial charge in [-0.25, -0.2) is 0 Å². The Morgan fingerprint density at radius 2 is 2.00 bits per heavy atom. The zero-order valence-electron chi connectivity index (χ0n) is 8.34. The maximum Gasteiger partial charge on any atom is 0.236 e. The summed E-state index contributed by atoms with van der Waals surface area (Å²) in [5.41, 5.74) is 0. The third kappa shape index (κ3) is 2.11. The molecule has 2 aliphatic heterocycles. The summed E-state index contributed by atoms with van der Waals surface area (Å²) in [5.74, 6) is 0.308. The highest BCUT2D eigenvalue weighted by Crippen LogP contribution is 2.23. The highest BCUT2D eigenvalue weighted by Gasteiger charge is 2.31. The lowest BCUT2D eigenvalue weighted by Gasteiger charge is -2.38. The van der Waals surface area contributed by atoms with E-state index in [1.807, 2.05) is 0 Å². The van der Waals surface area contributed by atoms with E-state index in [-0.39, 0.29) is 4.83 Å². The zero-order chi connectivity index (χ0) is 9.97. The van der Waals surface area contributed by atoms with Crippen molar-refractivity contribution in [3.05, 3.63) is 0 Å². The smallest absolute Gasteiger partial charge is 0.236 e. The molecule has 0 aliphatic carbocycles. The quantitative estimate of drug-likeness (QED) is 0.717. The molecule has 0 aromatic heterocycles. The number of halogens is 1. The first kappa shape index (κ1) is 10.4. The lowest BCUT2D eigenvalue weighted by molar-refractivity contribution is -0.135. The molecule has 1 N–H and O–H groups in total. The van der Waals surface area contributed by atoms with Crippen molar-refractivity contribution in [1.82, 2.24) is 10.2 Å². The SMILES string of the molecule is O=C1C(Br)CCCN1C1CCNCC1. The minimum Gasteiger partial charge on any atom is -0.339 e. The van der Waals surface area contributed by atoms with Crippen LogP contribution in [-0.2, 0) is 4.79 Å². The molecule has 0 radical (unpaired) electrons. The average Bonchev–Trinajstić information content (AvgIpc) is 2.23. The lowest BCUT2D eigenvalue weighted by atomic mass is 10.0. The van der Waals surface area contributed by atoms with Crippen LogP contribution < -0.4 is 5.32 Å². The van der Waals surface area contributed by atoms with E-state index in [4.69, 9.17) is 0 Å². The van der Waals surface area contributed by atoms with Crippen LogP contribution in [-0.4, -0.2) is 41.3 Å². The largest absolute Gasteiger partial charge is 0.339 e. The maximum absolute atomic E-state index is 11.9. The third-order valence-electron chi connectivity index (χ3n) is 3.16. The fourth-order valence-corrected chi connectivity index (χ4v) is 2.92. The molecule has 0 aromatic carbocycles. The Morgan fingerprint density at radius 3 is 2.71 bits per heavy atom. The first-order valence-corrected chi connectivity index (χ1v) is 6.36. The Labute approximate surface area is 93.4 Å². The van der Waals surface area contributed by atoms with Gasteiger partial charge in [-0.1, -0.05) is 15.9 Å². The first-order chi connectivity index (χ1) is 6.79. The molecule has 2 aliphatic rings. The van der Waals surface area contributed by atoms with Crippen LogP contribution in [0.4, 0.5) is 0 Å². The van der Waals surface area contributed by atoms with E-state index < -0.39 is 0 Å². The molecule has 4 heteroatoms. The van der Waals surface area contributed by atoms with Gasteiger partial charge in [-0.15, -0.1) is 0 Å². The van der Waals surface area contributed by atoms with Crippen molar-refractivity contribution in [1.29, 1.82) is 0 Å². The summed E-state index contributed by atoms with van der Waals surface area (Å²) in [6.45, 7) is 3.08. The van der Waals surface area contributed by atoms with Crippen LogP contribution in [0.5, 0.6) is 0 Å². The fraction of sp³-hybridized carbons (Fsp3) is 0.900. The number of carbonyl (C=O) groups is 1. The molecule has 14 heavy (non-hydrogen) atoms. The second kappa shape index (κ2) is 4.62. The van der Waals surface area contributed by atoms with Crippen LogP contribution in [0.15, 0.2) is 0 Å². The van der Waals surface area contributed by atoms with Gasteiger partial charge in [0.2, 0.25) is 5.91 Å². The van der Waals surface area contributed by atoms with Gasteiger partial charge in [0, 0.05) is 12.6 Å². The van der Waals surface area contributed by atoms with Crippen molar-refractivity contribution in [2.75, 3.05) is 19.6 Å². The molecule has 0 saturated carbocycles. The lowest BCUT2D eigenvalue weighted by Crippen LogP contribution is -2.51. The Hall–Kier alpha value is -0.0900. The topological polar surface area (TPSA) is 32.3 Å². The average molecular weight is 261 g/mol. The van der Waals surface area contributed by atoms with Gasteiger partial charge in [0.15, 0.2) is 0 Å². The molecule has 2 heterocycles. The van der Waals surface area contributed by atoms with E-state index in [9.17, 15) is 4.79 Å². The van der Waals surface area contributed by atoms with Gasteiger partial charge in [0.25, 0.3) is 0 Å². The minimum absolute atomic E-state index is 0.0751. The summed E-state index contributed by atoms with van der Waals surface area (Å²) in [7, 11) is 0. The van der Waals surface area contributed by atoms with Gasteiger partial charge >= 0.3 is 0 Å². The molecule has 2 fully saturated rings. The zero-order valence-corrected chi connectivity index (χ0v) is 9.92. The summed E-state index contributed by atoms with van der Waals surface area (Å²) >= 11 is 3.45. The normalized spacial score (nSPS) is 30.8. The minimum atomic E-state index is 0.0751. The third-order valence-corrected chi connectivity index (χ3v) is 4.01. The summed E-state index contributed by atoms with van der Waals surface area (Å²) in [4.78, 5) is 14.0. The van der Waals surface area contributed by atoms with Gasteiger partial charge in [-0.3, -0.25) is 4.79 Å². The van der Waals surface area contributed by atoms with Gasteiger partial charge in [0.1, 0.15) is 0 Å². The molecule has 80 valence electrons. The van der Waals surface area contributed by atoms with Gasteiger partial charge in [-0.2, -0.15) is 0 Å². The van der Waals surface area contributed by atoms with Crippen molar-refractivity contribution in [2.45, 2.75) is 36.6 Å². The Morgan fingerprint density at radius 1 is 1.29 bits per heavy atom. The Bertz CT molecular complexity index is 216. The summed E-state index contributed by atoms with van der Waals surface area (Å²) in [6.07, 6.45) is 4.38. The predicted octanol–water partition coefficient (Wildman–Crippen LogP) is 1.12. The first-order valence-electron chi connectivity index (χ1n) is 5.44. The second-order valence-corrected chi connectivity index (χ2v) is 5.23. The van der Waals surface area contributed by atoms with E-state index in [0.717, 1.165) is 45.3 Å². The summed E-state index contributed by atoms with van der Waals surface area (Å²) in [6, 6.07) is 0.490. The van der Waals surface area contributed by atoms with Gasteiger partial charge < -0.3 is 10.2 Å². The number of rotatable bonds is 1. The van der Waals surface area contributed by atoms with Crippen molar-refractivity contribution >= 4 is 21.8 Å². The molecule has 0 bridgehead atoms. The van der Waals surface area contributed by atoms with E-state index in [1.54, 1.807) is 0 Å². The van der Waals surface area contributed by atoms with Crippen LogP contribution in [0.1, 0.15) is 25.7 Å². The molecule has 0 spiro atoms. The molecule has 2 rings (SSSR count).